The molecule has 0 atom stereocenters. The number of aryl methyl sites for hydroxylation is 1. The molecule has 0 unspecified atom stereocenters. The number of anilines is 1. The molecule has 1 saturated heterocycles. The number of thioether (sulfide) groups is 1. The van der Waals surface area contributed by atoms with Gasteiger partial charge in [0.1, 0.15) is 13.2 Å². The number of imide groups is 1. The number of methoxy groups -OCH3 is 1. The fraction of sp³-hybridized carbons (Fsp3) is 0.148. The molecule has 1 heterocycles. The van der Waals surface area contributed by atoms with Gasteiger partial charge in [0.05, 0.1) is 17.7 Å². The summed E-state index contributed by atoms with van der Waals surface area (Å²) in [7, 11) is 1.47. The van der Waals surface area contributed by atoms with Crippen molar-refractivity contribution >= 4 is 40.6 Å². The number of amides is 3. The lowest BCUT2D eigenvalue weighted by Gasteiger charge is -2.13. The Morgan fingerprint density at radius 3 is 2.55 bits per heavy atom. The van der Waals surface area contributed by atoms with Crippen molar-refractivity contribution in [3.63, 3.8) is 0 Å². The van der Waals surface area contributed by atoms with Crippen LogP contribution in [-0.2, 0) is 16.2 Å². The molecule has 7 nitrogen and oxygen atoms in total. The molecule has 0 spiro atoms. The monoisotopic (exact) mass is 542 g/mol. The van der Waals surface area contributed by atoms with Crippen LogP contribution in [0.3, 0.4) is 0 Å². The first-order chi connectivity index (χ1) is 18.2. The van der Waals surface area contributed by atoms with Gasteiger partial charge in [0.25, 0.3) is 11.1 Å². The number of carbonyl (C=O) groups excluding carboxylic acids is 3. The normalized spacial score (nSPS) is 14.2. The van der Waals surface area contributed by atoms with E-state index in [2.05, 4.69) is 0 Å². The Bertz CT molecular complexity index is 1460. The smallest absolute Gasteiger partial charge is 0.294 e. The average Bonchev–Trinajstić information content (AvgIpc) is 3.15. The fourth-order valence-electron chi connectivity index (χ4n) is 3.60. The lowest BCUT2D eigenvalue weighted by atomic mass is 10.1. The summed E-state index contributed by atoms with van der Waals surface area (Å²) in [4.78, 5) is 38.2. The molecule has 1 N–H and O–H groups in total. The van der Waals surface area contributed by atoms with Crippen LogP contribution in [-0.4, -0.2) is 35.6 Å². The molecule has 1 fully saturated rings. The SMILES string of the molecule is COc1cc(/C=C2\SC(=O)N(CC(=O)Nc3ccc(F)c(F)c3F)C2=O)ccc1OCc1cccc(C)c1. The van der Waals surface area contributed by atoms with Crippen LogP contribution in [0.4, 0.5) is 23.7 Å². The zero-order valence-electron chi connectivity index (χ0n) is 20.2. The molecule has 0 aromatic heterocycles. The lowest BCUT2D eigenvalue weighted by Crippen LogP contribution is -2.36. The van der Waals surface area contributed by atoms with Crippen LogP contribution in [0.1, 0.15) is 16.7 Å². The molecule has 196 valence electrons. The highest BCUT2D eigenvalue weighted by molar-refractivity contribution is 8.18. The molecule has 0 bridgehead atoms. The summed E-state index contributed by atoms with van der Waals surface area (Å²) >= 11 is 0.622. The predicted octanol–water partition coefficient (Wildman–Crippen LogP) is 5.67. The van der Waals surface area contributed by atoms with E-state index in [1.165, 1.54) is 13.2 Å². The Kier molecular flexibility index (Phi) is 8.06. The van der Waals surface area contributed by atoms with Gasteiger partial charge >= 0.3 is 0 Å². The minimum absolute atomic E-state index is 0.0530. The summed E-state index contributed by atoms with van der Waals surface area (Å²) in [5.41, 5.74) is 2.02. The zero-order valence-corrected chi connectivity index (χ0v) is 21.0. The van der Waals surface area contributed by atoms with Crippen molar-refractivity contribution < 1.29 is 37.0 Å². The standard InChI is InChI=1S/C27H21F3N2O5S/c1-15-4-3-5-17(10-15)14-37-20-9-6-16(11-21(20)36-2)12-22-26(34)32(27(35)38-22)13-23(33)31-19-8-7-18(28)24(29)25(19)30/h3-12H,13-14H2,1-2H3,(H,31,33)/b22-12-. The van der Waals surface area contributed by atoms with Crippen LogP contribution in [0.5, 0.6) is 11.5 Å². The molecular weight excluding hydrogens is 521 g/mol. The topological polar surface area (TPSA) is 84.9 Å². The molecule has 0 aliphatic carbocycles. The van der Waals surface area contributed by atoms with Gasteiger partial charge in [0, 0.05) is 0 Å². The van der Waals surface area contributed by atoms with Crippen LogP contribution in [0.2, 0.25) is 0 Å². The summed E-state index contributed by atoms with van der Waals surface area (Å²) in [6.07, 6.45) is 1.46. The summed E-state index contributed by atoms with van der Waals surface area (Å²) in [6, 6.07) is 14.3. The Morgan fingerprint density at radius 1 is 1.03 bits per heavy atom. The van der Waals surface area contributed by atoms with E-state index in [-0.39, 0.29) is 4.91 Å². The van der Waals surface area contributed by atoms with Crippen LogP contribution in [0, 0.1) is 24.4 Å². The molecule has 1 aliphatic rings. The third-order valence-electron chi connectivity index (χ3n) is 5.45. The first kappa shape index (κ1) is 26.8. The predicted molar refractivity (Wildman–Crippen MR) is 136 cm³/mol. The van der Waals surface area contributed by atoms with Crippen LogP contribution in [0.15, 0.2) is 59.5 Å². The zero-order chi connectivity index (χ0) is 27.4. The van der Waals surface area contributed by atoms with E-state index in [0.717, 1.165) is 17.2 Å². The third kappa shape index (κ3) is 6.00. The van der Waals surface area contributed by atoms with Gasteiger partial charge < -0.3 is 14.8 Å². The van der Waals surface area contributed by atoms with Gasteiger partial charge in [-0.25, -0.2) is 13.2 Å². The van der Waals surface area contributed by atoms with Gasteiger partial charge in [0.2, 0.25) is 5.91 Å². The number of nitrogens with one attached hydrogen (secondary N) is 1. The van der Waals surface area contributed by atoms with E-state index in [1.807, 2.05) is 36.5 Å². The number of benzene rings is 3. The minimum Gasteiger partial charge on any atom is -0.493 e. The van der Waals surface area contributed by atoms with Crippen molar-refractivity contribution in [2.45, 2.75) is 13.5 Å². The second kappa shape index (κ2) is 11.4. The quantitative estimate of drug-likeness (QED) is 0.292. The highest BCUT2D eigenvalue weighted by Crippen LogP contribution is 2.35. The van der Waals surface area contributed by atoms with Gasteiger partial charge in [-0.05, 0) is 60.2 Å². The van der Waals surface area contributed by atoms with Crippen molar-refractivity contribution in [3.05, 3.63) is 93.6 Å². The van der Waals surface area contributed by atoms with Crippen molar-refractivity contribution in [1.29, 1.82) is 0 Å². The van der Waals surface area contributed by atoms with Gasteiger partial charge in [-0.15, -0.1) is 0 Å². The van der Waals surface area contributed by atoms with E-state index < -0.39 is 46.7 Å². The number of rotatable bonds is 8. The average molecular weight is 543 g/mol. The molecule has 3 amide bonds. The Balaban J connectivity index is 1.43. The van der Waals surface area contributed by atoms with Crippen molar-refractivity contribution in [2.24, 2.45) is 0 Å². The molecule has 3 aromatic rings. The van der Waals surface area contributed by atoms with E-state index in [1.54, 1.807) is 18.2 Å². The minimum atomic E-state index is -1.75. The number of hydrogen-bond acceptors (Lipinski definition) is 6. The first-order valence-electron chi connectivity index (χ1n) is 11.2. The van der Waals surface area contributed by atoms with Gasteiger partial charge in [-0.3, -0.25) is 19.3 Å². The van der Waals surface area contributed by atoms with Gasteiger partial charge in [0.15, 0.2) is 29.0 Å². The molecule has 3 aromatic carbocycles. The summed E-state index contributed by atoms with van der Waals surface area (Å²) in [5.74, 6) is -5.56. The number of nitrogens with zero attached hydrogens (tertiary/aromatic N) is 1. The maximum Gasteiger partial charge on any atom is 0.294 e. The molecule has 4 rings (SSSR count). The molecule has 38 heavy (non-hydrogen) atoms. The van der Waals surface area contributed by atoms with Crippen LogP contribution < -0.4 is 14.8 Å². The largest absolute Gasteiger partial charge is 0.493 e. The molecule has 0 radical (unpaired) electrons. The Morgan fingerprint density at radius 2 is 1.82 bits per heavy atom. The highest BCUT2D eigenvalue weighted by Gasteiger charge is 2.36. The summed E-state index contributed by atoms with van der Waals surface area (Å²) < 4.78 is 51.6. The maximum absolute atomic E-state index is 13.8. The maximum atomic E-state index is 13.8. The Labute approximate surface area is 220 Å². The van der Waals surface area contributed by atoms with E-state index in [4.69, 9.17) is 9.47 Å². The number of ether oxygens (including phenoxy) is 2. The van der Waals surface area contributed by atoms with Crippen molar-refractivity contribution in [1.82, 2.24) is 4.90 Å². The molecule has 0 saturated carbocycles. The second-order valence-corrected chi connectivity index (χ2v) is 9.22. The molecule has 1 aliphatic heterocycles. The van der Waals surface area contributed by atoms with Gasteiger partial charge in [-0.2, -0.15) is 0 Å². The third-order valence-corrected chi connectivity index (χ3v) is 6.35. The summed E-state index contributed by atoms with van der Waals surface area (Å²) in [6.45, 7) is 1.57. The van der Waals surface area contributed by atoms with Crippen molar-refractivity contribution in [2.75, 3.05) is 19.0 Å². The van der Waals surface area contributed by atoms with Crippen LogP contribution in [0.25, 0.3) is 6.08 Å². The first-order valence-corrected chi connectivity index (χ1v) is 12.0. The Hall–Kier alpha value is -4.25. The summed E-state index contributed by atoms with van der Waals surface area (Å²) in [5, 5.41) is 1.32. The number of carbonyl (C=O) groups is 3. The molecular formula is C27H21F3N2O5S. The van der Waals surface area contributed by atoms with E-state index in [9.17, 15) is 27.6 Å². The van der Waals surface area contributed by atoms with E-state index in [0.29, 0.717) is 46.4 Å². The van der Waals surface area contributed by atoms with E-state index >= 15 is 0 Å². The second-order valence-electron chi connectivity index (χ2n) is 8.23. The van der Waals surface area contributed by atoms with Crippen molar-refractivity contribution in [3.8, 4) is 11.5 Å². The fourth-order valence-corrected chi connectivity index (χ4v) is 4.44. The molecule has 11 heteroatoms. The highest BCUT2D eigenvalue weighted by atomic mass is 32.2. The van der Waals surface area contributed by atoms with Gasteiger partial charge in [-0.1, -0.05) is 35.9 Å². The lowest BCUT2D eigenvalue weighted by molar-refractivity contribution is -0.127. The number of hydrogen-bond donors (Lipinski definition) is 1. The number of halogens is 3. The van der Waals surface area contributed by atoms with Crippen LogP contribution >= 0.6 is 11.8 Å².